The molecule has 0 spiro atoms. The molecule has 0 aliphatic rings. The third-order valence-electron chi connectivity index (χ3n) is 1.30. The molecule has 58 valence electrons. The fraction of sp³-hybridized carbons (Fsp3) is 0.125. The van der Waals surface area contributed by atoms with Crippen molar-refractivity contribution in [3.63, 3.8) is 0 Å². The van der Waals surface area contributed by atoms with Crippen LogP contribution in [-0.2, 0) is 0 Å². The fourth-order valence-electron chi connectivity index (χ4n) is 0.754. The number of ether oxygens (including phenoxy) is 1. The number of hydrogen-bond donors (Lipinski definition) is 1. The monoisotopic (exact) mass is 150 g/mol. The second kappa shape index (κ2) is 3.61. The largest absolute Gasteiger partial charge is 0.497 e. The van der Waals surface area contributed by atoms with Crippen LogP contribution < -0.4 is 10.5 Å². The molecular weight excluding hydrogens is 140 g/mol. The molecule has 1 rings (SSSR count). The molecule has 2 N–H and O–H groups in total. The van der Waals surface area contributed by atoms with E-state index < -0.39 is 0 Å². The Morgan fingerprint density at radius 2 is 2.00 bits per heavy atom. The Labute approximate surface area is 65.5 Å². The Kier molecular flexibility index (Phi) is 2.49. The molecule has 0 unspecified atom stereocenters. The molecule has 0 atom stereocenters. The Bertz CT molecular complexity index is 241. The summed E-state index contributed by atoms with van der Waals surface area (Å²) in [6.07, 6.45) is 1.27. The van der Waals surface area contributed by atoms with Crippen molar-refractivity contribution >= 4 is 12.0 Å². The Morgan fingerprint density at radius 3 is 2.45 bits per heavy atom. The van der Waals surface area contributed by atoms with E-state index in [1.54, 1.807) is 7.11 Å². The van der Waals surface area contributed by atoms with Crippen LogP contribution in [0.1, 0.15) is 0 Å². The molecule has 3 heteroatoms. The van der Waals surface area contributed by atoms with Gasteiger partial charge in [-0.25, -0.2) is 4.99 Å². The van der Waals surface area contributed by atoms with Crippen molar-refractivity contribution in [3.05, 3.63) is 24.3 Å². The van der Waals surface area contributed by atoms with Crippen molar-refractivity contribution < 1.29 is 4.74 Å². The van der Waals surface area contributed by atoms with Gasteiger partial charge in [-0.05, 0) is 24.3 Å². The minimum absolute atomic E-state index is 0.820. The van der Waals surface area contributed by atoms with Crippen molar-refractivity contribution in [1.29, 1.82) is 0 Å². The smallest absolute Gasteiger partial charge is 0.119 e. The van der Waals surface area contributed by atoms with Crippen molar-refractivity contribution in [2.45, 2.75) is 0 Å². The van der Waals surface area contributed by atoms with E-state index in [4.69, 9.17) is 10.5 Å². The zero-order valence-electron chi connectivity index (χ0n) is 6.32. The van der Waals surface area contributed by atoms with Crippen LogP contribution >= 0.6 is 0 Å². The summed E-state index contributed by atoms with van der Waals surface area (Å²) in [5, 5.41) is 0. The fourth-order valence-corrected chi connectivity index (χ4v) is 0.754. The molecule has 0 heterocycles. The lowest BCUT2D eigenvalue weighted by atomic mass is 10.3. The predicted molar refractivity (Wildman–Crippen MR) is 45.3 cm³/mol. The van der Waals surface area contributed by atoms with Crippen molar-refractivity contribution in [2.75, 3.05) is 7.11 Å². The van der Waals surface area contributed by atoms with Crippen molar-refractivity contribution in [1.82, 2.24) is 0 Å². The molecular formula is C8H10N2O. The van der Waals surface area contributed by atoms with Crippen LogP contribution in [0.4, 0.5) is 5.69 Å². The quantitative estimate of drug-likeness (QED) is 0.510. The van der Waals surface area contributed by atoms with Gasteiger partial charge < -0.3 is 10.5 Å². The summed E-state index contributed by atoms with van der Waals surface area (Å²) < 4.78 is 4.96. The summed E-state index contributed by atoms with van der Waals surface area (Å²) in [6.45, 7) is 0. The Balaban J connectivity index is 2.82. The maximum Gasteiger partial charge on any atom is 0.119 e. The van der Waals surface area contributed by atoms with Gasteiger partial charge in [0.15, 0.2) is 0 Å². The standard InChI is InChI=1S/C8H10N2O/c1-11-8-4-2-7(3-5-8)10-6-9/h2-6H,1H3,(H2,9,10). The van der Waals surface area contributed by atoms with Gasteiger partial charge >= 0.3 is 0 Å². The normalized spacial score (nSPS) is 10.3. The Hall–Kier alpha value is -1.51. The number of hydrogen-bond acceptors (Lipinski definition) is 2. The van der Waals surface area contributed by atoms with E-state index in [1.165, 1.54) is 6.34 Å². The molecule has 1 aromatic rings. The summed E-state index contributed by atoms with van der Waals surface area (Å²) >= 11 is 0. The van der Waals surface area contributed by atoms with E-state index in [0.29, 0.717) is 0 Å². The number of aliphatic imine (C=N–C) groups is 1. The average Bonchev–Trinajstić information content (AvgIpc) is 2.07. The van der Waals surface area contributed by atoms with Gasteiger partial charge in [-0.1, -0.05) is 0 Å². The third kappa shape index (κ3) is 1.97. The van der Waals surface area contributed by atoms with Gasteiger partial charge in [0, 0.05) is 0 Å². The van der Waals surface area contributed by atoms with E-state index in [-0.39, 0.29) is 0 Å². The highest BCUT2D eigenvalue weighted by molar-refractivity contribution is 5.59. The van der Waals surface area contributed by atoms with Gasteiger partial charge in [0.1, 0.15) is 5.75 Å². The van der Waals surface area contributed by atoms with Crippen LogP contribution in [0.2, 0.25) is 0 Å². The summed E-state index contributed by atoms with van der Waals surface area (Å²) in [7, 11) is 1.63. The molecule has 0 fully saturated rings. The maximum atomic E-state index is 5.11. The van der Waals surface area contributed by atoms with E-state index in [2.05, 4.69) is 4.99 Å². The van der Waals surface area contributed by atoms with Crippen LogP contribution in [0.5, 0.6) is 5.75 Å². The van der Waals surface area contributed by atoms with Gasteiger partial charge in [-0.15, -0.1) is 0 Å². The highest BCUT2D eigenvalue weighted by atomic mass is 16.5. The number of benzene rings is 1. The molecule has 1 aromatic carbocycles. The first-order chi connectivity index (χ1) is 5.36. The molecule has 0 amide bonds. The lowest BCUT2D eigenvalue weighted by Gasteiger charge is -1.97. The first-order valence-corrected chi connectivity index (χ1v) is 3.25. The van der Waals surface area contributed by atoms with Gasteiger partial charge in [0.25, 0.3) is 0 Å². The van der Waals surface area contributed by atoms with Gasteiger partial charge in [-0.3, -0.25) is 0 Å². The van der Waals surface area contributed by atoms with Crippen LogP contribution in [0.3, 0.4) is 0 Å². The lowest BCUT2D eigenvalue weighted by molar-refractivity contribution is 0.415. The summed E-state index contributed by atoms with van der Waals surface area (Å²) in [5.74, 6) is 0.820. The Morgan fingerprint density at radius 1 is 1.36 bits per heavy atom. The van der Waals surface area contributed by atoms with Crippen LogP contribution in [0.25, 0.3) is 0 Å². The minimum Gasteiger partial charge on any atom is -0.497 e. The topological polar surface area (TPSA) is 47.6 Å². The highest BCUT2D eigenvalue weighted by Crippen LogP contribution is 2.16. The molecule has 3 nitrogen and oxygen atoms in total. The van der Waals surface area contributed by atoms with E-state index >= 15 is 0 Å². The maximum absolute atomic E-state index is 5.11. The summed E-state index contributed by atoms with van der Waals surface area (Å²) in [6, 6.07) is 7.34. The number of nitrogens with zero attached hydrogens (tertiary/aromatic N) is 1. The van der Waals surface area contributed by atoms with E-state index in [9.17, 15) is 0 Å². The molecule has 0 radical (unpaired) electrons. The predicted octanol–water partition coefficient (Wildman–Crippen LogP) is 1.31. The van der Waals surface area contributed by atoms with E-state index in [1.807, 2.05) is 24.3 Å². The molecule has 0 aliphatic carbocycles. The average molecular weight is 150 g/mol. The second-order valence-electron chi connectivity index (χ2n) is 1.98. The molecule has 0 saturated heterocycles. The van der Waals surface area contributed by atoms with Crippen LogP contribution in [0, 0.1) is 0 Å². The summed E-state index contributed by atoms with van der Waals surface area (Å²) in [4.78, 5) is 3.88. The van der Waals surface area contributed by atoms with Crippen LogP contribution in [-0.4, -0.2) is 13.4 Å². The molecule has 0 bridgehead atoms. The molecule has 0 aromatic heterocycles. The number of methoxy groups -OCH3 is 1. The number of nitrogens with two attached hydrogens (primary N) is 1. The first-order valence-electron chi connectivity index (χ1n) is 3.25. The van der Waals surface area contributed by atoms with Gasteiger partial charge in [-0.2, -0.15) is 0 Å². The molecule has 11 heavy (non-hydrogen) atoms. The molecule has 0 saturated carbocycles. The van der Waals surface area contributed by atoms with Crippen LogP contribution in [0.15, 0.2) is 29.3 Å². The SMILES string of the molecule is COc1ccc(/N=C/N)cc1. The number of rotatable bonds is 2. The second-order valence-corrected chi connectivity index (χ2v) is 1.98. The van der Waals surface area contributed by atoms with Gasteiger partial charge in [0.05, 0.1) is 19.1 Å². The zero-order chi connectivity index (χ0) is 8.10. The zero-order valence-corrected chi connectivity index (χ0v) is 6.32. The van der Waals surface area contributed by atoms with Crippen molar-refractivity contribution in [3.8, 4) is 5.75 Å². The summed E-state index contributed by atoms with van der Waals surface area (Å²) in [5.41, 5.74) is 5.94. The van der Waals surface area contributed by atoms with Gasteiger partial charge in [0.2, 0.25) is 0 Å². The van der Waals surface area contributed by atoms with Crippen molar-refractivity contribution in [2.24, 2.45) is 10.7 Å². The first kappa shape index (κ1) is 7.60. The lowest BCUT2D eigenvalue weighted by Crippen LogP contribution is -1.86. The highest BCUT2D eigenvalue weighted by Gasteiger charge is 1.88. The minimum atomic E-state index is 0.820. The molecule has 0 aliphatic heterocycles. The van der Waals surface area contributed by atoms with E-state index in [0.717, 1.165) is 11.4 Å². The third-order valence-corrected chi connectivity index (χ3v) is 1.30.